The van der Waals surface area contributed by atoms with E-state index in [9.17, 15) is 0 Å². The number of ether oxygens (including phenoxy) is 1. The Morgan fingerprint density at radius 2 is 2.09 bits per heavy atom. The molecule has 0 radical (unpaired) electrons. The van der Waals surface area contributed by atoms with Crippen LogP contribution < -0.4 is 10.1 Å². The quantitative estimate of drug-likeness (QED) is 0.665. The Labute approximate surface area is 134 Å². The monoisotopic (exact) mass is 316 g/mol. The minimum atomic E-state index is -0.104. The summed E-state index contributed by atoms with van der Waals surface area (Å²) in [6, 6.07) is 8.03. The van der Waals surface area contributed by atoms with Gasteiger partial charge in [-0.25, -0.2) is 0 Å². The van der Waals surface area contributed by atoms with Crippen LogP contribution in [0.5, 0.6) is 5.88 Å². The maximum absolute atomic E-state index is 6.00. The van der Waals surface area contributed by atoms with E-state index >= 15 is 0 Å². The maximum atomic E-state index is 6.00. The number of para-hydroxylation sites is 1. The number of unbranched alkanes of at least 4 members (excludes halogenated alkanes) is 1. The number of benzene rings is 1. The molecule has 116 valence electrons. The van der Waals surface area contributed by atoms with E-state index in [0.29, 0.717) is 16.7 Å². The molecule has 1 aliphatic heterocycles. The van der Waals surface area contributed by atoms with Crippen molar-refractivity contribution in [1.82, 2.24) is 15.2 Å². The van der Waals surface area contributed by atoms with Crippen molar-refractivity contribution in [2.24, 2.45) is 0 Å². The summed E-state index contributed by atoms with van der Waals surface area (Å²) < 4.78 is 6.00. The van der Waals surface area contributed by atoms with E-state index in [2.05, 4.69) is 34.3 Å². The van der Waals surface area contributed by atoms with Gasteiger partial charge in [0.25, 0.3) is 0 Å². The average molecular weight is 316 g/mol. The Kier molecular flexibility index (Phi) is 4.77. The molecule has 5 nitrogen and oxygen atoms in total. The molecular formula is C16H20N4OS. The second-order valence-corrected chi connectivity index (χ2v) is 6.22. The number of aromatic nitrogens is 3. The molecule has 0 aliphatic carbocycles. The smallest absolute Gasteiger partial charge is 0.247 e. The van der Waals surface area contributed by atoms with Gasteiger partial charge >= 0.3 is 0 Å². The number of anilines is 1. The van der Waals surface area contributed by atoms with Gasteiger partial charge in [0.2, 0.25) is 11.0 Å². The van der Waals surface area contributed by atoms with E-state index < -0.39 is 0 Å². The number of nitrogens with zero attached hydrogens (tertiary/aromatic N) is 3. The highest BCUT2D eigenvalue weighted by Crippen LogP contribution is 2.36. The molecule has 0 saturated carbocycles. The van der Waals surface area contributed by atoms with Gasteiger partial charge < -0.3 is 10.1 Å². The van der Waals surface area contributed by atoms with Gasteiger partial charge in [0.15, 0.2) is 11.9 Å². The standard InChI is InChI=1S/C16H20N4OS/c1-3-5-10-22-16-18-15-14(19-20-16)11-8-6-7-9-12(11)17-13(4-2)21-15/h6-9,13,17H,3-5,10H2,1-2H3/t13-/m1/s1. The largest absolute Gasteiger partial charge is 0.452 e. The number of nitrogens with one attached hydrogen (secondary N) is 1. The molecule has 3 rings (SSSR count). The van der Waals surface area contributed by atoms with E-state index in [1.165, 1.54) is 0 Å². The summed E-state index contributed by atoms with van der Waals surface area (Å²) in [5, 5.41) is 12.7. The van der Waals surface area contributed by atoms with Crippen molar-refractivity contribution in [3.05, 3.63) is 24.3 Å². The molecule has 0 unspecified atom stereocenters. The van der Waals surface area contributed by atoms with Crippen molar-refractivity contribution in [2.45, 2.75) is 44.5 Å². The lowest BCUT2D eigenvalue weighted by Gasteiger charge is -2.16. The van der Waals surface area contributed by atoms with Crippen LogP contribution in [0.2, 0.25) is 0 Å². The molecule has 1 aromatic heterocycles. The van der Waals surface area contributed by atoms with E-state index in [1.54, 1.807) is 11.8 Å². The third-order valence-electron chi connectivity index (χ3n) is 3.49. The van der Waals surface area contributed by atoms with Gasteiger partial charge in [-0.3, -0.25) is 0 Å². The Morgan fingerprint density at radius 1 is 1.23 bits per heavy atom. The lowest BCUT2D eigenvalue weighted by atomic mass is 10.1. The molecule has 6 heteroatoms. The predicted molar refractivity (Wildman–Crippen MR) is 89.2 cm³/mol. The molecule has 1 aliphatic rings. The van der Waals surface area contributed by atoms with Gasteiger partial charge in [-0.15, -0.1) is 10.2 Å². The molecule has 2 heterocycles. The molecule has 0 bridgehead atoms. The molecule has 22 heavy (non-hydrogen) atoms. The highest BCUT2D eigenvalue weighted by molar-refractivity contribution is 7.99. The van der Waals surface area contributed by atoms with E-state index in [1.807, 2.05) is 24.3 Å². The second kappa shape index (κ2) is 6.96. The van der Waals surface area contributed by atoms with E-state index in [0.717, 1.165) is 36.3 Å². The van der Waals surface area contributed by atoms with Crippen LogP contribution in [0.1, 0.15) is 33.1 Å². The molecule has 1 aromatic carbocycles. The van der Waals surface area contributed by atoms with Crippen molar-refractivity contribution < 1.29 is 4.74 Å². The molecule has 0 fully saturated rings. The van der Waals surface area contributed by atoms with Crippen LogP contribution in [-0.4, -0.2) is 27.2 Å². The molecule has 1 N–H and O–H groups in total. The first-order chi connectivity index (χ1) is 10.8. The Morgan fingerprint density at radius 3 is 2.91 bits per heavy atom. The van der Waals surface area contributed by atoms with Crippen LogP contribution in [0.4, 0.5) is 5.69 Å². The van der Waals surface area contributed by atoms with Gasteiger partial charge in [-0.05, 0) is 12.5 Å². The van der Waals surface area contributed by atoms with E-state index in [-0.39, 0.29) is 6.23 Å². The number of hydrogen-bond acceptors (Lipinski definition) is 6. The minimum Gasteiger partial charge on any atom is -0.452 e. The van der Waals surface area contributed by atoms with Gasteiger partial charge in [-0.1, -0.05) is 50.2 Å². The third kappa shape index (κ3) is 3.16. The van der Waals surface area contributed by atoms with Crippen LogP contribution in [0.15, 0.2) is 29.4 Å². The highest BCUT2D eigenvalue weighted by Gasteiger charge is 2.23. The molecular weight excluding hydrogens is 296 g/mol. The lowest BCUT2D eigenvalue weighted by Crippen LogP contribution is -2.24. The topological polar surface area (TPSA) is 59.9 Å². The zero-order valence-electron chi connectivity index (χ0n) is 12.9. The molecule has 0 saturated heterocycles. The van der Waals surface area contributed by atoms with Crippen molar-refractivity contribution in [3.8, 4) is 17.1 Å². The van der Waals surface area contributed by atoms with Crippen LogP contribution >= 0.6 is 11.8 Å². The summed E-state index contributed by atoms with van der Waals surface area (Å²) in [7, 11) is 0. The van der Waals surface area contributed by atoms with Crippen molar-refractivity contribution in [2.75, 3.05) is 11.1 Å². The lowest BCUT2D eigenvalue weighted by molar-refractivity contribution is 0.216. The fourth-order valence-electron chi connectivity index (χ4n) is 2.26. The number of fused-ring (bicyclic) bond motifs is 3. The number of thioether (sulfide) groups is 1. The molecule has 0 amide bonds. The number of hydrogen-bond donors (Lipinski definition) is 1. The normalized spacial score (nSPS) is 16.0. The average Bonchev–Trinajstić information content (AvgIpc) is 2.71. The van der Waals surface area contributed by atoms with Gasteiger partial charge in [0.05, 0.1) is 0 Å². The Balaban J connectivity index is 1.96. The Bertz CT molecular complexity index is 650. The van der Waals surface area contributed by atoms with Gasteiger partial charge in [0, 0.05) is 23.4 Å². The van der Waals surface area contributed by atoms with Gasteiger partial charge in [-0.2, -0.15) is 4.98 Å². The first-order valence-corrected chi connectivity index (χ1v) is 8.70. The predicted octanol–water partition coefficient (Wildman–Crippen LogP) is 3.97. The summed E-state index contributed by atoms with van der Waals surface area (Å²) in [4.78, 5) is 4.57. The summed E-state index contributed by atoms with van der Waals surface area (Å²) in [5.41, 5.74) is 2.70. The second-order valence-electron chi connectivity index (χ2n) is 5.15. The van der Waals surface area contributed by atoms with Crippen LogP contribution in [0.3, 0.4) is 0 Å². The van der Waals surface area contributed by atoms with Crippen LogP contribution in [0.25, 0.3) is 11.3 Å². The van der Waals surface area contributed by atoms with Crippen molar-refractivity contribution in [3.63, 3.8) is 0 Å². The summed E-state index contributed by atoms with van der Waals surface area (Å²) in [6.07, 6.45) is 3.05. The maximum Gasteiger partial charge on any atom is 0.247 e. The first-order valence-electron chi connectivity index (χ1n) is 7.72. The fraction of sp³-hybridized carbons (Fsp3) is 0.438. The van der Waals surface area contributed by atoms with Crippen LogP contribution in [-0.2, 0) is 0 Å². The van der Waals surface area contributed by atoms with Crippen molar-refractivity contribution in [1.29, 1.82) is 0 Å². The molecule has 0 spiro atoms. The summed E-state index contributed by atoms with van der Waals surface area (Å²) >= 11 is 1.63. The SMILES string of the molecule is CCCCSc1nnc2c(n1)O[C@H](CC)Nc1ccccc1-2. The summed E-state index contributed by atoms with van der Waals surface area (Å²) in [5.74, 6) is 1.57. The van der Waals surface area contributed by atoms with Crippen molar-refractivity contribution >= 4 is 17.4 Å². The zero-order chi connectivity index (χ0) is 15.4. The fourth-order valence-corrected chi connectivity index (χ4v) is 3.12. The third-order valence-corrected chi connectivity index (χ3v) is 4.41. The van der Waals surface area contributed by atoms with Gasteiger partial charge in [0.1, 0.15) is 0 Å². The highest BCUT2D eigenvalue weighted by atomic mass is 32.2. The van der Waals surface area contributed by atoms with E-state index in [4.69, 9.17) is 4.74 Å². The molecule has 1 atom stereocenters. The zero-order valence-corrected chi connectivity index (χ0v) is 13.7. The first kappa shape index (κ1) is 15.1. The summed E-state index contributed by atoms with van der Waals surface area (Å²) in [6.45, 7) is 4.26. The number of rotatable bonds is 5. The minimum absolute atomic E-state index is 0.104. The Hall–Kier alpha value is -1.82. The molecule has 2 aromatic rings. The van der Waals surface area contributed by atoms with Crippen LogP contribution in [0, 0.1) is 0 Å².